The molecule has 1 atom stereocenters. The molecule has 3 rings (SSSR count). The van der Waals surface area contributed by atoms with Crippen molar-refractivity contribution in [3.8, 4) is 11.4 Å². The van der Waals surface area contributed by atoms with E-state index >= 15 is 0 Å². The van der Waals surface area contributed by atoms with E-state index in [0.717, 1.165) is 5.56 Å². The molecule has 8 heteroatoms. The third kappa shape index (κ3) is 4.78. The van der Waals surface area contributed by atoms with E-state index in [9.17, 15) is 4.79 Å². The van der Waals surface area contributed by atoms with Crippen LogP contribution in [0.15, 0.2) is 53.7 Å². The van der Waals surface area contributed by atoms with Gasteiger partial charge in [0.05, 0.1) is 16.8 Å². The van der Waals surface area contributed by atoms with E-state index in [1.54, 1.807) is 18.2 Å². The van der Waals surface area contributed by atoms with Crippen LogP contribution < -0.4 is 5.32 Å². The Morgan fingerprint density at radius 3 is 2.73 bits per heavy atom. The smallest absolute Gasteiger partial charge is 0.230 e. The van der Waals surface area contributed by atoms with Gasteiger partial charge in [0.25, 0.3) is 0 Å². The van der Waals surface area contributed by atoms with Crippen molar-refractivity contribution in [1.29, 1.82) is 0 Å². The first-order chi connectivity index (χ1) is 12.5. The van der Waals surface area contributed by atoms with Crippen LogP contribution in [0.4, 0.5) is 0 Å². The molecule has 1 aromatic heterocycles. The summed E-state index contributed by atoms with van der Waals surface area (Å²) in [6, 6.07) is 14.9. The lowest BCUT2D eigenvalue weighted by Crippen LogP contribution is -2.28. The topological polar surface area (TPSA) is 70.7 Å². The number of aromatic amines is 1. The molecule has 0 aliphatic carbocycles. The van der Waals surface area contributed by atoms with Crippen LogP contribution in [0.5, 0.6) is 0 Å². The number of halogens is 2. The number of carbonyl (C=O) groups excluding carboxylic acids is 1. The maximum atomic E-state index is 12.1. The molecule has 0 aliphatic heterocycles. The Labute approximate surface area is 165 Å². The molecule has 134 valence electrons. The van der Waals surface area contributed by atoms with Crippen LogP contribution in [0.3, 0.4) is 0 Å². The molecule has 1 unspecified atom stereocenters. The lowest BCUT2D eigenvalue weighted by molar-refractivity contribution is -0.119. The van der Waals surface area contributed by atoms with Crippen LogP contribution in [0.1, 0.15) is 18.5 Å². The summed E-state index contributed by atoms with van der Waals surface area (Å²) in [5, 5.41) is 11.4. The molecule has 3 aromatic rings. The average Bonchev–Trinajstić information content (AvgIpc) is 3.09. The lowest BCUT2D eigenvalue weighted by Gasteiger charge is -2.13. The number of amides is 1. The van der Waals surface area contributed by atoms with E-state index in [-0.39, 0.29) is 17.7 Å². The highest BCUT2D eigenvalue weighted by molar-refractivity contribution is 7.99. The summed E-state index contributed by atoms with van der Waals surface area (Å²) in [5.74, 6) is 0.678. The predicted octanol–water partition coefficient (Wildman–Crippen LogP) is 4.75. The van der Waals surface area contributed by atoms with Gasteiger partial charge < -0.3 is 5.32 Å². The Balaban J connectivity index is 1.57. The van der Waals surface area contributed by atoms with Gasteiger partial charge >= 0.3 is 0 Å². The monoisotopic (exact) mass is 406 g/mol. The minimum absolute atomic E-state index is 0.0557. The fraction of sp³-hybridized carbons (Fsp3) is 0.167. The van der Waals surface area contributed by atoms with Crippen molar-refractivity contribution in [1.82, 2.24) is 20.5 Å². The molecule has 5 nitrogen and oxygen atoms in total. The number of rotatable bonds is 6. The molecule has 0 spiro atoms. The zero-order valence-electron chi connectivity index (χ0n) is 13.9. The number of hydrogen-bond donors (Lipinski definition) is 2. The van der Waals surface area contributed by atoms with Crippen LogP contribution in [0.25, 0.3) is 11.4 Å². The Bertz CT molecular complexity index is 901. The van der Waals surface area contributed by atoms with Crippen LogP contribution in [0, 0.1) is 0 Å². The molecular formula is C18H16Cl2N4OS. The quantitative estimate of drug-likeness (QED) is 0.579. The Morgan fingerprint density at radius 2 is 2.00 bits per heavy atom. The maximum Gasteiger partial charge on any atom is 0.230 e. The van der Waals surface area contributed by atoms with E-state index in [0.29, 0.717) is 26.6 Å². The van der Waals surface area contributed by atoms with Gasteiger partial charge in [0.2, 0.25) is 11.1 Å². The van der Waals surface area contributed by atoms with Gasteiger partial charge in [-0.25, -0.2) is 4.98 Å². The van der Waals surface area contributed by atoms with Crippen molar-refractivity contribution < 1.29 is 4.79 Å². The second-order valence-corrected chi connectivity index (χ2v) is 7.37. The van der Waals surface area contributed by atoms with Gasteiger partial charge in [0.15, 0.2) is 5.82 Å². The number of thioether (sulfide) groups is 1. The van der Waals surface area contributed by atoms with Crippen LogP contribution in [-0.4, -0.2) is 26.8 Å². The SMILES string of the molecule is CC(NC(=O)CSc1n[nH]c(-c2ccc(Cl)cc2Cl)n1)c1ccccc1. The molecule has 1 heterocycles. The fourth-order valence-electron chi connectivity index (χ4n) is 2.35. The number of hydrogen-bond acceptors (Lipinski definition) is 4. The van der Waals surface area contributed by atoms with Crippen molar-refractivity contribution in [2.45, 2.75) is 18.1 Å². The summed E-state index contributed by atoms with van der Waals surface area (Å²) in [6.45, 7) is 1.95. The molecule has 2 aromatic carbocycles. The van der Waals surface area contributed by atoms with Crippen LogP contribution >= 0.6 is 35.0 Å². The second-order valence-electron chi connectivity index (χ2n) is 5.58. The van der Waals surface area contributed by atoms with Crippen molar-refractivity contribution in [3.05, 3.63) is 64.1 Å². The number of nitrogens with zero attached hydrogens (tertiary/aromatic N) is 2. The summed E-state index contributed by atoms with van der Waals surface area (Å²) in [6.07, 6.45) is 0. The zero-order valence-corrected chi connectivity index (χ0v) is 16.2. The van der Waals surface area contributed by atoms with Gasteiger partial charge in [-0.15, -0.1) is 5.10 Å². The summed E-state index contributed by atoms with van der Waals surface area (Å²) in [5.41, 5.74) is 1.76. The Hall–Kier alpha value is -2.02. The molecule has 26 heavy (non-hydrogen) atoms. The van der Waals surface area contributed by atoms with Crippen molar-refractivity contribution in [2.75, 3.05) is 5.75 Å². The second kappa shape index (κ2) is 8.58. The van der Waals surface area contributed by atoms with Crippen molar-refractivity contribution in [3.63, 3.8) is 0 Å². The van der Waals surface area contributed by atoms with Crippen molar-refractivity contribution in [2.24, 2.45) is 0 Å². The molecule has 2 N–H and O–H groups in total. The largest absolute Gasteiger partial charge is 0.349 e. The lowest BCUT2D eigenvalue weighted by atomic mass is 10.1. The summed E-state index contributed by atoms with van der Waals surface area (Å²) in [7, 11) is 0. The Kier molecular flexibility index (Phi) is 6.19. The summed E-state index contributed by atoms with van der Waals surface area (Å²) in [4.78, 5) is 16.5. The Morgan fingerprint density at radius 1 is 1.23 bits per heavy atom. The zero-order chi connectivity index (χ0) is 18.5. The minimum atomic E-state index is -0.0813. The number of aromatic nitrogens is 3. The molecule has 0 aliphatic rings. The highest BCUT2D eigenvalue weighted by Gasteiger charge is 2.13. The standard InChI is InChI=1S/C18H16Cl2N4OS/c1-11(12-5-3-2-4-6-12)21-16(25)10-26-18-22-17(23-24-18)14-8-7-13(19)9-15(14)20/h2-9,11H,10H2,1H3,(H,21,25)(H,22,23,24). The van der Waals surface area contributed by atoms with Crippen LogP contribution in [-0.2, 0) is 4.79 Å². The van der Waals surface area contributed by atoms with E-state index < -0.39 is 0 Å². The third-order valence-corrected chi connectivity index (χ3v) is 5.06. The van der Waals surface area contributed by atoms with Crippen molar-refractivity contribution >= 4 is 40.9 Å². The van der Waals surface area contributed by atoms with Gasteiger partial charge in [-0.05, 0) is 30.7 Å². The number of H-pyrrole nitrogens is 1. The number of carbonyl (C=O) groups is 1. The molecule has 0 radical (unpaired) electrons. The number of nitrogens with one attached hydrogen (secondary N) is 2. The minimum Gasteiger partial charge on any atom is -0.349 e. The molecule has 0 bridgehead atoms. The summed E-state index contributed by atoms with van der Waals surface area (Å²) >= 11 is 13.3. The molecule has 0 saturated carbocycles. The molecule has 0 saturated heterocycles. The molecular weight excluding hydrogens is 391 g/mol. The van der Waals surface area contributed by atoms with Crippen LogP contribution in [0.2, 0.25) is 10.0 Å². The predicted molar refractivity (Wildman–Crippen MR) is 106 cm³/mol. The highest BCUT2D eigenvalue weighted by Crippen LogP contribution is 2.29. The fourth-order valence-corrected chi connectivity index (χ4v) is 3.46. The first-order valence-corrected chi connectivity index (χ1v) is 9.62. The van der Waals surface area contributed by atoms with Gasteiger partial charge in [0, 0.05) is 10.6 Å². The van der Waals surface area contributed by atoms with E-state index in [1.165, 1.54) is 11.8 Å². The third-order valence-electron chi connectivity index (χ3n) is 3.66. The molecule has 0 fully saturated rings. The normalized spacial score (nSPS) is 12.0. The van der Waals surface area contributed by atoms with Gasteiger partial charge in [0.1, 0.15) is 0 Å². The number of benzene rings is 2. The molecule has 1 amide bonds. The first-order valence-electron chi connectivity index (χ1n) is 7.88. The van der Waals surface area contributed by atoms with E-state index in [4.69, 9.17) is 23.2 Å². The van der Waals surface area contributed by atoms with Gasteiger partial charge in [-0.2, -0.15) is 0 Å². The van der Waals surface area contributed by atoms with Gasteiger partial charge in [-0.1, -0.05) is 65.3 Å². The van der Waals surface area contributed by atoms with E-state index in [2.05, 4.69) is 20.5 Å². The highest BCUT2D eigenvalue weighted by atomic mass is 35.5. The van der Waals surface area contributed by atoms with Gasteiger partial charge in [-0.3, -0.25) is 9.89 Å². The van der Waals surface area contributed by atoms with E-state index in [1.807, 2.05) is 37.3 Å². The first kappa shape index (κ1) is 18.8. The summed E-state index contributed by atoms with van der Waals surface area (Å²) < 4.78 is 0. The maximum absolute atomic E-state index is 12.1. The average molecular weight is 407 g/mol.